The summed E-state index contributed by atoms with van der Waals surface area (Å²) in [6.07, 6.45) is 1.14. The van der Waals surface area contributed by atoms with Crippen molar-refractivity contribution in [2.24, 2.45) is 5.92 Å². The van der Waals surface area contributed by atoms with Crippen LogP contribution in [0.2, 0.25) is 0 Å². The van der Waals surface area contributed by atoms with E-state index in [0.717, 1.165) is 17.7 Å². The number of carbonyl (C=O) groups excluding carboxylic acids is 2. The molecule has 2 aromatic rings. The second-order valence-electron chi connectivity index (χ2n) is 6.67. The molecule has 0 saturated carbocycles. The fourth-order valence-electron chi connectivity index (χ4n) is 3.11. The van der Waals surface area contributed by atoms with Gasteiger partial charge in [0.15, 0.2) is 17.5 Å². The topological polar surface area (TPSA) is 49.4 Å². The monoisotopic (exact) mass is 376 g/mol. The summed E-state index contributed by atoms with van der Waals surface area (Å²) in [5.74, 6) is -5.65. The van der Waals surface area contributed by atoms with Gasteiger partial charge in [0.25, 0.3) is 5.91 Å². The summed E-state index contributed by atoms with van der Waals surface area (Å²) in [6.45, 7) is 2.63. The Morgan fingerprint density at radius 1 is 1.04 bits per heavy atom. The van der Waals surface area contributed by atoms with Crippen molar-refractivity contribution in [3.05, 3.63) is 65.0 Å². The van der Waals surface area contributed by atoms with E-state index in [0.29, 0.717) is 24.9 Å². The van der Waals surface area contributed by atoms with Gasteiger partial charge < -0.3 is 10.2 Å². The lowest BCUT2D eigenvalue weighted by atomic mass is 9.96. The number of anilines is 1. The third kappa shape index (κ3) is 4.13. The molecule has 1 saturated heterocycles. The van der Waals surface area contributed by atoms with Gasteiger partial charge in [0.1, 0.15) is 0 Å². The number of likely N-dealkylation sites (tertiary alicyclic amines) is 1. The molecule has 1 N–H and O–H groups in total. The third-order valence-electron chi connectivity index (χ3n) is 4.67. The van der Waals surface area contributed by atoms with Crippen LogP contribution in [0.4, 0.5) is 18.9 Å². The van der Waals surface area contributed by atoms with Crippen LogP contribution in [0.5, 0.6) is 0 Å². The first-order chi connectivity index (χ1) is 12.9. The number of piperidine rings is 1. The smallest absolute Gasteiger partial charge is 0.253 e. The highest BCUT2D eigenvalue weighted by Crippen LogP contribution is 2.23. The Labute approximate surface area is 155 Å². The maximum absolute atomic E-state index is 13.8. The van der Waals surface area contributed by atoms with E-state index in [1.165, 1.54) is 0 Å². The van der Waals surface area contributed by atoms with E-state index in [-0.39, 0.29) is 12.5 Å². The number of amides is 2. The number of hydrogen-bond donors (Lipinski definition) is 1. The molecular weight excluding hydrogens is 357 g/mol. The summed E-state index contributed by atoms with van der Waals surface area (Å²) in [5.41, 5.74) is 1.16. The lowest BCUT2D eigenvalue weighted by Gasteiger charge is -2.32. The van der Waals surface area contributed by atoms with Crippen LogP contribution in [0.25, 0.3) is 0 Å². The molecule has 0 radical (unpaired) electrons. The Hall–Kier alpha value is -2.83. The number of hydrogen-bond acceptors (Lipinski definition) is 2. The summed E-state index contributed by atoms with van der Waals surface area (Å²) in [6, 6.07) is 8.88. The molecule has 27 heavy (non-hydrogen) atoms. The van der Waals surface area contributed by atoms with Crippen LogP contribution < -0.4 is 5.32 Å². The lowest BCUT2D eigenvalue weighted by molar-refractivity contribution is -0.121. The zero-order valence-corrected chi connectivity index (χ0v) is 14.8. The normalized spacial score (nSPS) is 16.9. The number of rotatable bonds is 3. The number of nitrogens with one attached hydrogen (secondary N) is 1. The Morgan fingerprint density at radius 3 is 2.44 bits per heavy atom. The van der Waals surface area contributed by atoms with Gasteiger partial charge in [0, 0.05) is 18.7 Å². The SMILES string of the molecule is Cc1ccc(C(=O)N2CCCC(C(=O)Nc3ccc(F)c(F)c3F)C2)cc1. The van der Waals surface area contributed by atoms with Gasteiger partial charge in [-0.25, -0.2) is 13.2 Å². The molecule has 7 heteroatoms. The Morgan fingerprint density at radius 2 is 1.74 bits per heavy atom. The van der Waals surface area contributed by atoms with Gasteiger partial charge in [0.2, 0.25) is 5.91 Å². The fraction of sp³-hybridized carbons (Fsp3) is 0.300. The molecule has 0 spiro atoms. The zero-order valence-electron chi connectivity index (χ0n) is 14.8. The highest BCUT2D eigenvalue weighted by molar-refractivity contribution is 5.96. The Balaban J connectivity index is 1.68. The predicted molar refractivity (Wildman–Crippen MR) is 94.8 cm³/mol. The van der Waals surface area contributed by atoms with Crippen LogP contribution in [0.3, 0.4) is 0 Å². The Kier molecular flexibility index (Phi) is 5.48. The largest absolute Gasteiger partial charge is 0.338 e. The molecule has 1 unspecified atom stereocenters. The quantitative estimate of drug-likeness (QED) is 0.826. The van der Waals surface area contributed by atoms with Crippen molar-refractivity contribution in [3.8, 4) is 0 Å². The summed E-state index contributed by atoms with van der Waals surface area (Å²) in [7, 11) is 0. The molecule has 0 aliphatic carbocycles. The molecule has 1 aliphatic heterocycles. The van der Waals surface area contributed by atoms with Crippen molar-refractivity contribution in [3.63, 3.8) is 0 Å². The highest BCUT2D eigenvalue weighted by Gasteiger charge is 2.29. The molecule has 1 heterocycles. The number of halogens is 3. The van der Waals surface area contributed by atoms with E-state index in [9.17, 15) is 22.8 Å². The van der Waals surface area contributed by atoms with Crippen molar-refractivity contribution in [2.45, 2.75) is 19.8 Å². The molecule has 0 aromatic heterocycles. The van der Waals surface area contributed by atoms with Crippen LogP contribution in [0, 0.1) is 30.3 Å². The van der Waals surface area contributed by atoms with Gasteiger partial charge in [-0.05, 0) is 44.0 Å². The van der Waals surface area contributed by atoms with Crippen LogP contribution in [-0.4, -0.2) is 29.8 Å². The van der Waals surface area contributed by atoms with E-state index in [4.69, 9.17) is 0 Å². The first-order valence-electron chi connectivity index (χ1n) is 8.67. The van der Waals surface area contributed by atoms with Gasteiger partial charge in [0.05, 0.1) is 11.6 Å². The molecular formula is C20H19F3N2O2. The van der Waals surface area contributed by atoms with Crippen molar-refractivity contribution >= 4 is 17.5 Å². The summed E-state index contributed by atoms with van der Waals surface area (Å²) in [5, 5.41) is 2.30. The molecule has 1 atom stereocenters. The number of benzene rings is 2. The second kappa shape index (κ2) is 7.82. The van der Waals surface area contributed by atoms with Crippen molar-refractivity contribution in [2.75, 3.05) is 18.4 Å². The minimum absolute atomic E-state index is 0.175. The van der Waals surface area contributed by atoms with Crippen molar-refractivity contribution in [1.82, 2.24) is 4.90 Å². The van der Waals surface area contributed by atoms with Gasteiger partial charge in [-0.2, -0.15) is 0 Å². The van der Waals surface area contributed by atoms with E-state index < -0.39 is 35.0 Å². The summed E-state index contributed by atoms with van der Waals surface area (Å²) >= 11 is 0. The minimum Gasteiger partial charge on any atom is -0.338 e. The zero-order chi connectivity index (χ0) is 19.6. The van der Waals surface area contributed by atoms with E-state index in [2.05, 4.69) is 5.32 Å². The average Bonchev–Trinajstić information content (AvgIpc) is 2.68. The molecule has 142 valence electrons. The predicted octanol–water partition coefficient (Wildman–Crippen LogP) is 3.90. The Bertz CT molecular complexity index is 868. The van der Waals surface area contributed by atoms with Crippen LogP contribution in [-0.2, 0) is 4.79 Å². The van der Waals surface area contributed by atoms with E-state index >= 15 is 0 Å². The standard InChI is InChI=1S/C20H19F3N2O2/c1-12-4-6-13(7-5-12)20(27)25-10-2-3-14(11-25)19(26)24-16-9-8-15(21)17(22)18(16)23/h4-9,14H,2-3,10-11H2,1H3,(H,24,26). The number of nitrogens with zero attached hydrogens (tertiary/aromatic N) is 1. The first-order valence-corrected chi connectivity index (χ1v) is 8.67. The average molecular weight is 376 g/mol. The first kappa shape index (κ1) is 18.9. The summed E-state index contributed by atoms with van der Waals surface area (Å²) < 4.78 is 40.1. The molecule has 2 amide bonds. The van der Waals surface area contributed by atoms with Gasteiger partial charge in [-0.15, -0.1) is 0 Å². The van der Waals surface area contributed by atoms with Crippen LogP contribution >= 0.6 is 0 Å². The number of carbonyl (C=O) groups is 2. The molecule has 1 fully saturated rings. The molecule has 0 bridgehead atoms. The molecule has 2 aromatic carbocycles. The maximum Gasteiger partial charge on any atom is 0.253 e. The van der Waals surface area contributed by atoms with Crippen LogP contribution in [0.15, 0.2) is 36.4 Å². The van der Waals surface area contributed by atoms with Gasteiger partial charge in [-0.1, -0.05) is 17.7 Å². The summed E-state index contributed by atoms with van der Waals surface area (Å²) in [4.78, 5) is 26.6. The van der Waals surface area contributed by atoms with Gasteiger partial charge in [-0.3, -0.25) is 9.59 Å². The molecule has 4 nitrogen and oxygen atoms in total. The van der Waals surface area contributed by atoms with Crippen molar-refractivity contribution in [1.29, 1.82) is 0 Å². The molecule has 1 aliphatic rings. The van der Waals surface area contributed by atoms with Crippen molar-refractivity contribution < 1.29 is 22.8 Å². The van der Waals surface area contributed by atoms with Crippen LogP contribution in [0.1, 0.15) is 28.8 Å². The maximum atomic E-state index is 13.8. The van der Waals surface area contributed by atoms with Gasteiger partial charge >= 0.3 is 0 Å². The second-order valence-corrected chi connectivity index (χ2v) is 6.67. The highest BCUT2D eigenvalue weighted by atomic mass is 19.2. The van der Waals surface area contributed by atoms with E-state index in [1.807, 2.05) is 19.1 Å². The fourth-order valence-corrected chi connectivity index (χ4v) is 3.11. The minimum atomic E-state index is -1.63. The number of aryl methyl sites for hydroxylation is 1. The third-order valence-corrected chi connectivity index (χ3v) is 4.67. The molecule has 3 rings (SSSR count). The van der Waals surface area contributed by atoms with E-state index in [1.54, 1.807) is 17.0 Å². The lowest BCUT2D eigenvalue weighted by Crippen LogP contribution is -2.43.